The lowest BCUT2D eigenvalue weighted by atomic mass is 10.1. The number of aromatic nitrogens is 2. The highest BCUT2D eigenvalue weighted by atomic mass is 35.5. The van der Waals surface area contributed by atoms with Gasteiger partial charge < -0.3 is 15.0 Å². The molecule has 2 N–H and O–H groups in total. The van der Waals surface area contributed by atoms with Gasteiger partial charge in [-0.3, -0.25) is 4.79 Å². The van der Waals surface area contributed by atoms with Gasteiger partial charge in [0.2, 0.25) is 5.95 Å². The Morgan fingerprint density at radius 2 is 2.00 bits per heavy atom. The van der Waals surface area contributed by atoms with Crippen molar-refractivity contribution in [3.05, 3.63) is 58.6 Å². The summed E-state index contributed by atoms with van der Waals surface area (Å²) in [6.07, 6.45) is 0. The molecule has 118 valence electrons. The molecule has 0 fully saturated rings. The third-order valence-electron chi connectivity index (χ3n) is 3.71. The number of hydrogen-bond acceptors (Lipinski definition) is 4. The van der Waals surface area contributed by atoms with E-state index in [4.69, 9.17) is 16.7 Å². The number of carbonyl (C=O) groups is 1. The fourth-order valence-corrected chi connectivity index (χ4v) is 2.58. The van der Waals surface area contributed by atoms with E-state index in [1.165, 1.54) is 0 Å². The van der Waals surface area contributed by atoms with E-state index in [0.717, 1.165) is 22.5 Å². The standard InChI is InChI=1S/C17H16ClN3O2/c1-21-15-7-6-13(18)8-14(15)20-17(21)19-9-11-2-4-12(5-3-11)16(23)10-22/h2-8,22H,9-10H2,1H3,(H,19,20). The summed E-state index contributed by atoms with van der Waals surface area (Å²) >= 11 is 5.99. The van der Waals surface area contributed by atoms with Gasteiger partial charge in [0, 0.05) is 24.2 Å². The van der Waals surface area contributed by atoms with E-state index >= 15 is 0 Å². The molecule has 1 aromatic heterocycles. The van der Waals surface area contributed by atoms with E-state index in [2.05, 4.69) is 10.3 Å². The van der Waals surface area contributed by atoms with Crippen LogP contribution in [0.4, 0.5) is 5.95 Å². The van der Waals surface area contributed by atoms with Gasteiger partial charge in [0.25, 0.3) is 0 Å². The zero-order valence-corrected chi connectivity index (χ0v) is 13.3. The molecule has 0 aliphatic carbocycles. The fraction of sp³-hybridized carbons (Fsp3) is 0.176. The fourth-order valence-electron chi connectivity index (χ4n) is 2.41. The molecule has 3 aromatic rings. The Hall–Kier alpha value is -2.37. The number of hydrogen-bond donors (Lipinski definition) is 2. The van der Waals surface area contributed by atoms with Gasteiger partial charge in [0.1, 0.15) is 6.61 Å². The predicted molar refractivity (Wildman–Crippen MR) is 90.9 cm³/mol. The van der Waals surface area contributed by atoms with Crippen molar-refractivity contribution >= 4 is 34.4 Å². The number of fused-ring (bicyclic) bond motifs is 1. The third kappa shape index (κ3) is 3.21. The number of imidazole rings is 1. The number of benzene rings is 2. The number of aliphatic hydroxyl groups excluding tert-OH is 1. The molecule has 0 spiro atoms. The van der Waals surface area contributed by atoms with Gasteiger partial charge in [-0.15, -0.1) is 0 Å². The van der Waals surface area contributed by atoms with Crippen LogP contribution < -0.4 is 5.32 Å². The molecule has 0 unspecified atom stereocenters. The van der Waals surface area contributed by atoms with Gasteiger partial charge in [-0.05, 0) is 23.8 Å². The topological polar surface area (TPSA) is 67.2 Å². The van der Waals surface area contributed by atoms with E-state index in [1.807, 2.05) is 41.9 Å². The van der Waals surface area contributed by atoms with Crippen LogP contribution in [0.3, 0.4) is 0 Å². The molecule has 0 atom stereocenters. The van der Waals surface area contributed by atoms with Crippen molar-refractivity contribution in [2.24, 2.45) is 7.05 Å². The molecule has 2 aromatic carbocycles. The van der Waals surface area contributed by atoms with Crippen molar-refractivity contribution in [3.8, 4) is 0 Å². The maximum absolute atomic E-state index is 11.4. The first kappa shape index (κ1) is 15.5. The number of nitrogens with zero attached hydrogens (tertiary/aromatic N) is 2. The Morgan fingerprint density at radius 3 is 2.70 bits per heavy atom. The largest absolute Gasteiger partial charge is 0.388 e. The minimum Gasteiger partial charge on any atom is -0.388 e. The lowest BCUT2D eigenvalue weighted by molar-refractivity contribution is 0.0903. The zero-order chi connectivity index (χ0) is 16.4. The molecule has 5 nitrogen and oxygen atoms in total. The lowest BCUT2D eigenvalue weighted by Gasteiger charge is -2.07. The average Bonchev–Trinajstić information content (AvgIpc) is 2.88. The van der Waals surface area contributed by atoms with Gasteiger partial charge in [-0.2, -0.15) is 0 Å². The van der Waals surface area contributed by atoms with Crippen molar-refractivity contribution in [2.75, 3.05) is 11.9 Å². The molecular weight excluding hydrogens is 314 g/mol. The molecule has 0 aliphatic heterocycles. The molecule has 0 saturated heterocycles. The first-order valence-electron chi connectivity index (χ1n) is 7.17. The van der Waals surface area contributed by atoms with Crippen LogP contribution in [0.15, 0.2) is 42.5 Å². The van der Waals surface area contributed by atoms with Gasteiger partial charge in [0.05, 0.1) is 11.0 Å². The number of Topliss-reactive ketones (excluding diaryl/α,β-unsaturated/α-hetero) is 1. The summed E-state index contributed by atoms with van der Waals surface area (Å²) < 4.78 is 1.97. The van der Waals surface area contributed by atoms with E-state index in [-0.39, 0.29) is 5.78 Å². The monoisotopic (exact) mass is 329 g/mol. The number of aryl methyl sites for hydroxylation is 1. The van der Waals surface area contributed by atoms with Crippen LogP contribution in [0, 0.1) is 0 Å². The van der Waals surface area contributed by atoms with Gasteiger partial charge >= 0.3 is 0 Å². The quantitative estimate of drug-likeness (QED) is 0.706. The van der Waals surface area contributed by atoms with Gasteiger partial charge in [0.15, 0.2) is 5.78 Å². The molecule has 0 aliphatic rings. The van der Waals surface area contributed by atoms with Crippen LogP contribution >= 0.6 is 11.6 Å². The molecule has 6 heteroatoms. The van der Waals surface area contributed by atoms with Crippen molar-refractivity contribution < 1.29 is 9.90 Å². The molecular formula is C17H16ClN3O2. The van der Waals surface area contributed by atoms with Crippen LogP contribution in [-0.4, -0.2) is 27.0 Å². The number of ketones is 1. The molecule has 0 amide bonds. The van der Waals surface area contributed by atoms with Crippen molar-refractivity contribution in [3.63, 3.8) is 0 Å². The zero-order valence-electron chi connectivity index (χ0n) is 12.6. The second-order valence-electron chi connectivity index (χ2n) is 5.26. The molecule has 0 saturated carbocycles. The second kappa shape index (κ2) is 6.40. The predicted octanol–water partition coefficient (Wildman–Crippen LogP) is 3.01. The Labute approximate surface area is 138 Å². The number of aliphatic hydroxyl groups is 1. The van der Waals surface area contributed by atoms with Crippen molar-refractivity contribution in [1.29, 1.82) is 0 Å². The van der Waals surface area contributed by atoms with Crippen LogP contribution in [-0.2, 0) is 13.6 Å². The summed E-state index contributed by atoms with van der Waals surface area (Å²) in [4.78, 5) is 15.9. The number of anilines is 1. The minimum atomic E-state index is -0.472. The number of rotatable bonds is 5. The van der Waals surface area contributed by atoms with Crippen LogP contribution in [0.5, 0.6) is 0 Å². The number of carbonyl (C=O) groups excluding carboxylic acids is 1. The summed E-state index contributed by atoms with van der Waals surface area (Å²) in [7, 11) is 1.94. The van der Waals surface area contributed by atoms with Crippen LogP contribution in [0.2, 0.25) is 5.02 Å². The Balaban J connectivity index is 1.75. The summed E-state index contributed by atoms with van der Waals surface area (Å²) in [6, 6.07) is 12.7. The minimum absolute atomic E-state index is 0.281. The maximum atomic E-state index is 11.4. The van der Waals surface area contributed by atoms with Crippen molar-refractivity contribution in [1.82, 2.24) is 9.55 Å². The Kier molecular flexibility index (Phi) is 4.32. The highest BCUT2D eigenvalue weighted by Crippen LogP contribution is 2.22. The number of nitrogens with one attached hydrogen (secondary N) is 1. The van der Waals surface area contributed by atoms with Crippen LogP contribution in [0.1, 0.15) is 15.9 Å². The molecule has 0 bridgehead atoms. The number of halogens is 1. The molecule has 1 heterocycles. The first-order chi connectivity index (χ1) is 11.1. The lowest BCUT2D eigenvalue weighted by Crippen LogP contribution is -2.06. The van der Waals surface area contributed by atoms with Gasteiger partial charge in [-0.1, -0.05) is 35.9 Å². The Morgan fingerprint density at radius 1 is 1.26 bits per heavy atom. The van der Waals surface area contributed by atoms with E-state index in [1.54, 1.807) is 12.1 Å². The second-order valence-corrected chi connectivity index (χ2v) is 5.70. The first-order valence-corrected chi connectivity index (χ1v) is 7.55. The molecule has 0 radical (unpaired) electrons. The highest BCUT2D eigenvalue weighted by molar-refractivity contribution is 6.31. The van der Waals surface area contributed by atoms with E-state index < -0.39 is 6.61 Å². The third-order valence-corrected chi connectivity index (χ3v) is 3.95. The Bertz CT molecular complexity index is 856. The molecule has 23 heavy (non-hydrogen) atoms. The summed E-state index contributed by atoms with van der Waals surface area (Å²) in [6.45, 7) is 0.110. The molecule has 3 rings (SSSR count). The maximum Gasteiger partial charge on any atom is 0.203 e. The summed E-state index contributed by atoms with van der Waals surface area (Å²) in [5.74, 6) is 0.467. The van der Waals surface area contributed by atoms with Crippen molar-refractivity contribution in [2.45, 2.75) is 6.54 Å². The highest BCUT2D eigenvalue weighted by Gasteiger charge is 2.08. The summed E-state index contributed by atoms with van der Waals surface area (Å²) in [5, 5.41) is 12.8. The SMILES string of the molecule is Cn1c(NCc2ccc(C(=O)CO)cc2)nc2cc(Cl)ccc21. The van der Waals surface area contributed by atoms with Gasteiger partial charge in [-0.25, -0.2) is 4.98 Å². The van der Waals surface area contributed by atoms with E-state index in [9.17, 15) is 4.79 Å². The smallest absolute Gasteiger partial charge is 0.203 e. The normalized spacial score (nSPS) is 10.9. The van der Waals surface area contributed by atoms with E-state index in [0.29, 0.717) is 17.1 Å². The van der Waals surface area contributed by atoms with Crippen LogP contribution in [0.25, 0.3) is 11.0 Å². The average molecular weight is 330 g/mol. The summed E-state index contributed by atoms with van der Waals surface area (Å²) in [5.41, 5.74) is 3.37.